The van der Waals surface area contributed by atoms with E-state index in [2.05, 4.69) is 286 Å². The van der Waals surface area contributed by atoms with Crippen molar-refractivity contribution in [3.05, 3.63) is 267 Å². The zero-order valence-corrected chi connectivity index (χ0v) is 39.2. The van der Waals surface area contributed by atoms with Gasteiger partial charge < -0.3 is 18.9 Å². The van der Waals surface area contributed by atoms with E-state index in [1.165, 1.54) is 65.5 Å². The molecular formula is C68H44N4. The third kappa shape index (κ3) is 6.26. The second-order valence-corrected chi connectivity index (χ2v) is 19.0. The topological polar surface area (TPSA) is 16.3 Å². The molecule has 0 N–H and O–H groups in total. The average molecular weight is 917 g/mol. The monoisotopic (exact) mass is 916 g/mol. The Labute approximate surface area is 416 Å². The van der Waals surface area contributed by atoms with Crippen LogP contribution in [0.15, 0.2) is 267 Å². The summed E-state index contributed by atoms with van der Waals surface area (Å²) in [6, 6.07) is 98.4. The van der Waals surface area contributed by atoms with Crippen molar-refractivity contribution < 1.29 is 0 Å². The van der Waals surface area contributed by atoms with Crippen molar-refractivity contribution in [2.24, 2.45) is 0 Å². The number of para-hydroxylation sites is 2. The van der Waals surface area contributed by atoms with Gasteiger partial charge in [-0.25, -0.2) is 0 Å². The maximum absolute atomic E-state index is 2.46. The van der Waals surface area contributed by atoms with Crippen LogP contribution in [0, 0.1) is 0 Å². The smallest absolute Gasteiger partial charge is 0.0562 e. The van der Waals surface area contributed by atoms with Gasteiger partial charge in [0.25, 0.3) is 0 Å². The molecule has 8 bridgehead atoms. The summed E-state index contributed by atoms with van der Waals surface area (Å²) in [5.41, 5.74) is 18.1. The molecule has 4 heteroatoms. The molecule has 0 unspecified atom stereocenters. The van der Waals surface area contributed by atoms with E-state index in [1.54, 1.807) is 0 Å². The van der Waals surface area contributed by atoms with E-state index in [9.17, 15) is 0 Å². The molecule has 0 amide bonds. The van der Waals surface area contributed by atoms with E-state index in [-0.39, 0.29) is 0 Å². The van der Waals surface area contributed by atoms with Crippen molar-refractivity contribution in [2.75, 3.05) is 9.80 Å². The van der Waals surface area contributed by atoms with Crippen molar-refractivity contribution in [3.63, 3.8) is 0 Å². The molecule has 4 nitrogen and oxygen atoms in total. The Bertz CT molecular complexity index is 4110. The Morgan fingerprint density at radius 3 is 0.903 bits per heavy atom. The first-order valence-corrected chi connectivity index (χ1v) is 24.7. The van der Waals surface area contributed by atoms with E-state index < -0.39 is 0 Å². The normalized spacial score (nSPS) is 12.4. The molecule has 72 heavy (non-hydrogen) atoms. The quantitative estimate of drug-likeness (QED) is 0.175. The standard InChI is InChI=1S/C68H44N4/c1-3-27-57-45(15-1)17-13-33-63(57)71-65-31-7-5-29-59(65)61-37-35-55(43-67(61)71)69-51-23-9-19-47(39-51)49-21-11-25-53(41-49)70(54-26-12-22-50(42-54)48-20-10-24-52(69)40-48)56-36-38-62-60-30-6-8-32-66(60)72(68(62)44-56)64-34-14-18-46-16-2-4-28-58(46)64/h1-44H. The lowest BCUT2D eigenvalue weighted by molar-refractivity contribution is 1.19. The Kier molecular flexibility index (Phi) is 8.92. The molecule has 1 aliphatic rings. The predicted octanol–water partition coefficient (Wildman–Crippen LogP) is 18.8. The summed E-state index contributed by atoms with van der Waals surface area (Å²) in [6.07, 6.45) is 0. The lowest BCUT2D eigenvalue weighted by atomic mass is 10.00. The first-order chi connectivity index (χ1) is 35.7. The fourth-order valence-electron chi connectivity index (χ4n) is 11.7. The van der Waals surface area contributed by atoms with Gasteiger partial charge in [-0.1, -0.05) is 170 Å². The van der Waals surface area contributed by atoms with Crippen LogP contribution in [0.2, 0.25) is 0 Å². The number of fused-ring (bicyclic) bond motifs is 18. The highest BCUT2D eigenvalue weighted by molar-refractivity contribution is 6.13. The molecular weight excluding hydrogens is 873 g/mol. The van der Waals surface area contributed by atoms with Gasteiger partial charge in [0.2, 0.25) is 0 Å². The molecule has 336 valence electrons. The largest absolute Gasteiger partial charge is 0.310 e. The summed E-state index contributed by atoms with van der Waals surface area (Å²) in [5, 5.41) is 9.80. The summed E-state index contributed by atoms with van der Waals surface area (Å²) in [4.78, 5) is 4.85. The van der Waals surface area contributed by atoms with Gasteiger partial charge in [-0.05, 0) is 130 Å². The molecule has 0 aliphatic carbocycles. The maximum Gasteiger partial charge on any atom is 0.0562 e. The van der Waals surface area contributed by atoms with Gasteiger partial charge in [-0.2, -0.15) is 0 Å². The molecule has 0 atom stereocenters. The fourth-order valence-corrected chi connectivity index (χ4v) is 11.7. The lowest BCUT2D eigenvalue weighted by Gasteiger charge is -2.29. The van der Waals surface area contributed by atoms with Crippen LogP contribution in [0.5, 0.6) is 0 Å². The minimum Gasteiger partial charge on any atom is -0.310 e. The van der Waals surface area contributed by atoms with Crippen molar-refractivity contribution >= 4 is 99.3 Å². The van der Waals surface area contributed by atoms with Crippen molar-refractivity contribution in [1.82, 2.24) is 9.13 Å². The third-order valence-electron chi connectivity index (χ3n) is 14.9. The van der Waals surface area contributed by atoms with Crippen LogP contribution in [0.25, 0.3) is 98.8 Å². The van der Waals surface area contributed by atoms with Gasteiger partial charge >= 0.3 is 0 Å². The van der Waals surface area contributed by atoms with Crippen LogP contribution in [-0.2, 0) is 0 Å². The fraction of sp³-hybridized carbons (Fsp3) is 0. The molecule has 15 rings (SSSR count). The van der Waals surface area contributed by atoms with Gasteiger partial charge in [0, 0.05) is 66.4 Å². The number of hydrogen-bond donors (Lipinski definition) is 0. The Morgan fingerprint density at radius 2 is 0.500 bits per heavy atom. The van der Waals surface area contributed by atoms with Gasteiger partial charge in [0.05, 0.1) is 33.4 Å². The van der Waals surface area contributed by atoms with E-state index in [4.69, 9.17) is 0 Å². The molecule has 0 saturated carbocycles. The highest BCUT2D eigenvalue weighted by Crippen LogP contribution is 2.46. The van der Waals surface area contributed by atoms with Crippen molar-refractivity contribution in [3.8, 4) is 33.6 Å². The number of benzene rings is 12. The summed E-state index contributed by atoms with van der Waals surface area (Å²) in [7, 11) is 0. The number of nitrogens with zero attached hydrogens (tertiary/aromatic N) is 4. The summed E-state index contributed by atoms with van der Waals surface area (Å²) in [5.74, 6) is 0. The Hall–Kier alpha value is -9.64. The minimum absolute atomic E-state index is 1.08. The SMILES string of the molecule is c1cc2cc(c1)N(c1ccc3c4ccccc4n(-c4cccc5ccccc45)c3c1)c1cccc(c1)-c1cccc(c1)N(c1ccc3c4ccccc4n(-c4cccc5ccccc45)c3c1)c1cccc-2c1. The number of aromatic nitrogens is 2. The highest BCUT2D eigenvalue weighted by atomic mass is 15.2. The van der Waals surface area contributed by atoms with Gasteiger partial charge in [-0.3, -0.25) is 0 Å². The lowest BCUT2D eigenvalue weighted by Crippen LogP contribution is -2.11. The molecule has 14 aromatic rings. The predicted molar refractivity (Wildman–Crippen MR) is 304 cm³/mol. The van der Waals surface area contributed by atoms with Crippen molar-refractivity contribution in [2.45, 2.75) is 0 Å². The van der Waals surface area contributed by atoms with Crippen LogP contribution in [0.1, 0.15) is 0 Å². The van der Waals surface area contributed by atoms with Gasteiger partial charge in [-0.15, -0.1) is 0 Å². The number of anilines is 6. The zero-order valence-electron chi connectivity index (χ0n) is 39.2. The zero-order chi connectivity index (χ0) is 47.3. The molecule has 0 fully saturated rings. The Balaban J connectivity index is 0.931. The van der Waals surface area contributed by atoms with Crippen molar-refractivity contribution in [1.29, 1.82) is 0 Å². The molecule has 0 spiro atoms. The average Bonchev–Trinajstić information content (AvgIpc) is 3.95. The number of hydrogen-bond acceptors (Lipinski definition) is 2. The summed E-state index contributed by atoms with van der Waals surface area (Å²) in [6.45, 7) is 0. The molecule has 0 saturated heterocycles. The van der Waals surface area contributed by atoms with E-state index >= 15 is 0 Å². The molecule has 3 heterocycles. The second kappa shape index (κ2) is 16.0. The number of rotatable bonds is 4. The van der Waals surface area contributed by atoms with E-state index in [1.807, 2.05) is 0 Å². The van der Waals surface area contributed by atoms with E-state index in [0.717, 1.165) is 67.4 Å². The first-order valence-electron chi connectivity index (χ1n) is 24.7. The van der Waals surface area contributed by atoms with Crippen LogP contribution in [-0.4, -0.2) is 9.13 Å². The van der Waals surface area contributed by atoms with Crippen LogP contribution in [0.4, 0.5) is 34.1 Å². The van der Waals surface area contributed by atoms with Gasteiger partial charge in [0.15, 0.2) is 0 Å². The van der Waals surface area contributed by atoms with E-state index in [0.29, 0.717) is 0 Å². The van der Waals surface area contributed by atoms with Crippen LogP contribution >= 0.6 is 0 Å². The maximum atomic E-state index is 2.46. The molecule has 12 aromatic carbocycles. The molecule has 1 aliphatic heterocycles. The third-order valence-corrected chi connectivity index (χ3v) is 14.9. The molecule has 0 radical (unpaired) electrons. The van der Waals surface area contributed by atoms with Gasteiger partial charge in [0.1, 0.15) is 0 Å². The van der Waals surface area contributed by atoms with Crippen LogP contribution in [0.3, 0.4) is 0 Å². The second-order valence-electron chi connectivity index (χ2n) is 19.0. The Morgan fingerprint density at radius 1 is 0.194 bits per heavy atom. The minimum atomic E-state index is 1.08. The summed E-state index contributed by atoms with van der Waals surface area (Å²) >= 11 is 0. The van der Waals surface area contributed by atoms with Crippen LogP contribution < -0.4 is 9.80 Å². The summed E-state index contributed by atoms with van der Waals surface area (Å²) < 4.78 is 4.91. The molecule has 2 aromatic heterocycles. The first kappa shape index (κ1) is 40.3. The highest BCUT2D eigenvalue weighted by Gasteiger charge is 2.23.